The van der Waals surface area contributed by atoms with E-state index in [2.05, 4.69) is 30.3 Å². The van der Waals surface area contributed by atoms with Crippen molar-refractivity contribution in [3.8, 4) is 0 Å². The van der Waals surface area contributed by atoms with Crippen LogP contribution in [0.4, 0.5) is 17.3 Å². The smallest absolute Gasteiger partial charge is 0.311 e. The van der Waals surface area contributed by atoms with Crippen LogP contribution in [0.15, 0.2) is 23.0 Å². The largest absolute Gasteiger partial charge is 0.373 e. The summed E-state index contributed by atoms with van der Waals surface area (Å²) in [6.07, 6.45) is 1.18. The highest BCUT2D eigenvalue weighted by Crippen LogP contribution is 2.23. The summed E-state index contributed by atoms with van der Waals surface area (Å²) >= 11 is 0. The average molecular weight is 250 g/mol. The quantitative estimate of drug-likeness (QED) is 0.596. The third-order valence-electron chi connectivity index (χ3n) is 2.15. The molecule has 2 aromatic heterocycles. The number of anilines is 2. The normalized spacial score (nSPS) is 10.1. The van der Waals surface area contributed by atoms with Gasteiger partial charge < -0.3 is 15.2 Å². The second kappa shape index (κ2) is 5.08. The number of aromatic nitrogens is 3. The maximum atomic E-state index is 10.8. The predicted octanol–water partition coefficient (Wildman–Crippen LogP) is 1.03. The van der Waals surface area contributed by atoms with E-state index >= 15 is 0 Å². The number of hydrogen-bond acceptors (Lipinski definition) is 8. The highest BCUT2D eigenvalue weighted by molar-refractivity contribution is 5.60. The van der Waals surface area contributed by atoms with E-state index in [0.717, 1.165) is 0 Å². The number of nitrogens with zero attached hydrogens (tertiary/aromatic N) is 4. The SMILES string of the molecule is CNc1ccc([N+](=O)[O-])c(NCc2ncon2)n1. The zero-order valence-electron chi connectivity index (χ0n) is 9.45. The van der Waals surface area contributed by atoms with E-state index in [-0.39, 0.29) is 18.1 Å². The molecule has 0 bridgehead atoms. The fourth-order valence-electron chi connectivity index (χ4n) is 1.30. The Morgan fingerprint density at radius 1 is 1.50 bits per heavy atom. The first kappa shape index (κ1) is 11.8. The summed E-state index contributed by atoms with van der Waals surface area (Å²) in [6.45, 7) is 0.192. The second-order valence-corrected chi connectivity index (χ2v) is 3.27. The molecule has 2 heterocycles. The van der Waals surface area contributed by atoms with Crippen LogP contribution in [0.2, 0.25) is 0 Å². The Labute approximate surface area is 101 Å². The fourth-order valence-corrected chi connectivity index (χ4v) is 1.30. The zero-order valence-corrected chi connectivity index (χ0v) is 9.45. The van der Waals surface area contributed by atoms with Crippen LogP contribution in [-0.2, 0) is 6.54 Å². The Bertz CT molecular complexity index is 541. The van der Waals surface area contributed by atoms with Crippen LogP contribution in [0.5, 0.6) is 0 Å². The highest BCUT2D eigenvalue weighted by Gasteiger charge is 2.16. The van der Waals surface area contributed by atoms with Crippen LogP contribution in [0.1, 0.15) is 5.82 Å². The summed E-state index contributed by atoms with van der Waals surface area (Å²) in [7, 11) is 1.68. The molecule has 18 heavy (non-hydrogen) atoms. The molecule has 0 radical (unpaired) electrons. The summed E-state index contributed by atoms with van der Waals surface area (Å²) in [6, 6.07) is 2.90. The van der Waals surface area contributed by atoms with Crippen LogP contribution in [0.3, 0.4) is 0 Å². The maximum Gasteiger partial charge on any atom is 0.311 e. The number of nitrogens with one attached hydrogen (secondary N) is 2. The van der Waals surface area contributed by atoms with E-state index in [0.29, 0.717) is 11.6 Å². The molecule has 2 rings (SSSR count). The predicted molar refractivity (Wildman–Crippen MR) is 62.1 cm³/mol. The fraction of sp³-hybridized carbons (Fsp3) is 0.222. The van der Waals surface area contributed by atoms with Crippen LogP contribution < -0.4 is 10.6 Å². The van der Waals surface area contributed by atoms with Crippen molar-refractivity contribution in [2.45, 2.75) is 6.54 Å². The zero-order chi connectivity index (χ0) is 13.0. The van der Waals surface area contributed by atoms with E-state index in [1.165, 1.54) is 18.5 Å². The van der Waals surface area contributed by atoms with Gasteiger partial charge in [-0.05, 0) is 6.07 Å². The lowest BCUT2D eigenvalue weighted by Crippen LogP contribution is -2.07. The average Bonchev–Trinajstić information content (AvgIpc) is 2.88. The third kappa shape index (κ3) is 2.51. The van der Waals surface area contributed by atoms with Crippen LogP contribution in [-0.4, -0.2) is 27.1 Å². The minimum absolute atomic E-state index is 0.113. The number of nitro groups is 1. The van der Waals surface area contributed by atoms with Gasteiger partial charge in [-0.15, -0.1) is 0 Å². The molecule has 0 fully saturated rings. The third-order valence-corrected chi connectivity index (χ3v) is 2.15. The van der Waals surface area contributed by atoms with Gasteiger partial charge in [0.25, 0.3) is 0 Å². The van der Waals surface area contributed by atoms with Crippen molar-refractivity contribution in [2.24, 2.45) is 0 Å². The van der Waals surface area contributed by atoms with Gasteiger partial charge in [-0.3, -0.25) is 10.1 Å². The first-order valence-corrected chi connectivity index (χ1v) is 5.03. The second-order valence-electron chi connectivity index (χ2n) is 3.27. The molecule has 0 aromatic carbocycles. The van der Waals surface area contributed by atoms with Crippen molar-refractivity contribution in [1.82, 2.24) is 15.1 Å². The van der Waals surface area contributed by atoms with Gasteiger partial charge in [-0.25, -0.2) is 4.98 Å². The standard InChI is InChI=1S/C9H10N6O3/c1-10-7-3-2-6(15(16)17)9(13-7)11-4-8-12-5-18-14-8/h2-3,5H,4H2,1H3,(H2,10,11,13). The Hall–Kier alpha value is -2.71. The molecule has 2 aromatic rings. The van der Waals surface area contributed by atoms with E-state index in [1.54, 1.807) is 7.05 Å². The number of rotatable bonds is 5. The van der Waals surface area contributed by atoms with Gasteiger partial charge in [0, 0.05) is 13.1 Å². The van der Waals surface area contributed by atoms with Crippen molar-refractivity contribution in [2.75, 3.05) is 17.7 Å². The lowest BCUT2D eigenvalue weighted by atomic mass is 10.3. The summed E-state index contributed by atoms with van der Waals surface area (Å²) in [5.74, 6) is 1.06. The molecule has 0 aliphatic carbocycles. The summed E-state index contributed by atoms with van der Waals surface area (Å²) in [5, 5.41) is 20.0. The maximum absolute atomic E-state index is 10.8. The molecule has 2 N–H and O–H groups in total. The van der Waals surface area contributed by atoms with Crippen molar-refractivity contribution < 1.29 is 9.45 Å². The molecule has 9 nitrogen and oxygen atoms in total. The van der Waals surface area contributed by atoms with E-state index in [1.807, 2.05) is 0 Å². The van der Waals surface area contributed by atoms with Gasteiger partial charge in [-0.2, -0.15) is 4.98 Å². The highest BCUT2D eigenvalue weighted by atomic mass is 16.6. The van der Waals surface area contributed by atoms with Gasteiger partial charge in [0.2, 0.25) is 12.2 Å². The van der Waals surface area contributed by atoms with Crippen molar-refractivity contribution in [3.05, 3.63) is 34.5 Å². The minimum Gasteiger partial charge on any atom is -0.373 e. The summed E-state index contributed by atoms with van der Waals surface area (Å²) in [5.41, 5.74) is -0.113. The van der Waals surface area contributed by atoms with Gasteiger partial charge >= 0.3 is 5.69 Å². The molecule has 0 saturated carbocycles. The molecule has 0 aliphatic rings. The Balaban J connectivity index is 2.20. The topological polar surface area (TPSA) is 119 Å². The van der Waals surface area contributed by atoms with Crippen LogP contribution >= 0.6 is 0 Å². The number of hydrogen-bond donors (Lipinski definition) is 2. The first-order valence-electron chi connectivity index (χ1n) is 5.03. The summed E-state index contributed by atoms with van der Waals surface area (Å²) in [4.78, 5) is 18.2. The van der Waals surface area contributed by atoms with Gasteiger partial charge in [0.15, 0.2) is 5.82 Å². The van der Waals surface area contributed by atoms with Gasteiger partial charge in [0.1, 0.15) is 5.82 Å². The molecule has 0 aliphatic heterocycles. The van der Waals surface area contributed by atoms with Crippen molar-refractivity contribution >= 4 is 17.3 Å². The van der Waals surface area contributed by atoms with Crippen LogP contribution in [0, 0.1) is 10.1 Å². The molecule has 0 spiro atoms. The lowest BCUT2D eigenvalue weighted by Gasteiger charge is -2.06. The van der Waals surface area contributed by atoms with Gasteiger partial charge in [-0.1, -0.05) is 5.16 Å². The van der Waals surface area contributed by atoms with Gasteiger partial charge in [0.05, 0.1) is 11.5 Å². The van der Waals surface area contributed by atoms with E-state index < -0.39 is 4.92 Å². The van der Waals surface area contributed by atoms with Crippen LogP contribution in [0.25, 0.3) is 0 Å². The lowest BCUT2D eigenvalue weighted by molar-refractivity contribution is -0.384. The van der Waals surface area contributed by atoms with Crippen molar-refractivity contribution in [1.29, 1.82) is 0 Å². The molecule has 0 saturated heterocycles. The molecule has 0 unspecified atom stereocenters. The molecular formula is C9H10N6O3. The Kier molecular flexibility index (Phi) is 3.32. The Morgan fingerprint density at radius 3 is 2.94 bits per heavy atom. The minimum atomic E-state index is -0.509. The number of pyridine rings is 1. The van der Waals surface area contributed by atoms with E-state index in [9.17, 15) is 10.1 Å². The van der Waals surface area contributed by atoms with E-state index in [4.69, 9.17) is 0 Å². The molecular weight excluding hydrogens is 240 g/mol. The van der Waals surface area contributed by atoms with Crippen molar-refractivity contribution in [3.63, 3.8) is 0 Å². The molecule has 94 valence electrons. The monoisotopic (exact) mass is 250 g/mol. The molecule has 0 atom stereocenters. The summed E-state index contributed by atoms with van der Waals surface area (Å²) < 4.78 is 4.56. The molecule has 9 heteroatoms. The molecule has 0 amide bonds. The first-order chi connectivity index (χ1) is 8.70. The Morgan fingerprint density at radius 2 is 2.33 bits per heavy atom.